The van der Waals surface area contributed by atoms with Crippen LogP contribution < -0.4 is 0 Å². The van der Waals surface area contributed by atoms with E-state index in [0.717, 1.165) is 23.7 Å². The summed E-state index contributed by atoms with van der Waals surface area (Å²) in [6.07, 6.45) is 11.8. The van der Waals surface area contributed by atoms with E-state index in [9.17, 15) is 0 Å². The minimum atomic E-state index is -1.66. The Morgan fingerprint density at radius 2 is 1.24 bits per heavy atom. The summed E-state index contributed by atoms with van der Waals surface area (Å²) in [7, 11) is -3.38. The number of hydrogen-bond acceptors (Lipinski definition) is 0. The Morgan fingerprint density at radius 1 is 0.757 bits per heavy atom. The summed E-state index contributed by atoms with van der Waals surface area (Å²) < 4.78 is 0. The molecular weight excluding hydrogens is 656 g/mol. The van der Waals surface area contributed by atoms with Gasteiger partial charge in [-0.1, -0.05) is 107 Å². The molecule has 0 bridgehead atoms. The fraction of sp³-hybridized carbons (Fsp3) is 0.667. The van der Waals surface area contributed by atoms with Gasteiger partial charge in [-0.2, -0.15) is 0 Å². The smallest absolute Gasteiger partial charge is 0.0626 e. The molecular formula is C33H59LuSi3-. The zero-order valence-electron chi connectivity index (χ0n) is 27.0. The summed E-state index contributed by atoms with van der Waals surface area (Å²) in [5.74, 6) is 11.0. The molecule has 3 aliphatic rings. The molecule has 0 unspecified atom stereocenters. The summed E-state index contributed by atoms with van der Waals surface area (Å²) in [5, 5.41) is 0. The maximum absolute atomic E-state index is 2.65. The molecule has 0 heterocycles. The molecule has 3 fully saturated rings. The molecule has 3 atom stereocenters. The zero-order chi connectivity index (χ0) is 27.8. The van der Waals surface area contributed by atoms with E-state index < -0.39 is 24.2 Å². The third kappa shape index (κ3) is 9.99. The van der Waals surface area contributed by atoms with Crippen LogP contribution in [0.25, 0.3) is 0 Å². The van der Waals surface area contributed by atoms with E-state index in [4.69, 9.17) is 0 Å². The number of rotatable bonds is 6. The second-order valence-corrected chi connectivity index (χ2v) is 30.2. The van der Waals surface area contributed by atoms with Gasteiger partial charge in [-0.05, 0) is 96.4 Å². The van der Waals surface area contributed by atoms with Crippen molar-refractivity contribution in [2.75, 3.05) is 0 Å². The molecule has 0 aromatic rings. The Bertz CT molecular complexity index is 650. The van der Waals surface area contributed by atoms with Crippen LogP contribution in [0.2, 0.25) is 52.4 Å². The second kappa shape index (κ2) is 14.4. The third-order valence-corrected chi connectivity index (χ3v) is 19.6. The molecule has 0 aliphatic heterocycles. The average Bonchev–Trinajstić information content (AvgIpc) is 3.27. The van der Waals surface area contributed by atoms with Gasteiger partial charge in [0.1, 0.15) is 0 Å². The van der Waals surface area contributed by atoms with Crippen LogP contribution in [-0.2, 0) is 0 Å². The largest absolute Gasteiger partial charge is 0.327 e. The topological polar surface area (TPSA) is 0 Å². The molecule has 11 radical (unpaired) electrons. The maximum Gasteiger partial charge on any atom is 0.0626 e. The number of hydrogen-bond donors (Lipinski definition) is 0. The van der Waals surface area contributed by atoms with Gasteiger partial charge in [-0.3, -0.25) is 0 Å². The molecule has 0 aromatic heterocycles. The van der Waals surface area contributed by atoms with E-state index in [-0.39, 0.29) is 36.9 Å². The molecule has 37 heavy (non-hydrogen) atoms. The van der Waals surface area contributed by atoms with Gasteiger partial charge < -0.3 is 5.67 Å². The second-order valence-electron chi connectivity index (χ2n) is 15.2. The van der Waals surface area contributed by atoms with Gasteiger partial charge in [0.25, 0.3) is 0 Å². The van der Waals surface area contributed by atoms with Crippen LogP contribution in [0.4, 0.5) is 0 Å². The van der Waals surface area contributed by atoms with Crippen molar-refractivity contribution in [1.82, 2.24) is 0 Å². The summed E-state index contributed by atoms with van der Waals surface area (Å²) in [6, 6.07) is 0. The monoisotopic (exact) mass is 714 g/mol. The summed E-state index contributed by atoms with van der Waals surface area (Å²) in [6.45, 7) is 36.2. The third-order valence-electron chi connectivity index (χ3n) is 8.88. The van der Waals surface area contributed by atoms with E-state index in [2.05, 4.69) is 126 Å². The van der Waals surface area contributed by atoms with E-state index in [0.29, 0.717) is 0 Å². The van der Waals surface area contributed by atoms with Crippen LogP contribution in [-0.4, -0.2) is 24.2 Å². The van der Waals surface area contributed by atoms with Crippen LogP contribution in [0, 0.1) is 126 Å². The SMILES string of the molecule is C[C]1[C](C)[C](C)[C]([Si](C)(C)[C]2[CH][CH][C]([C@@H]3C[C@H](C)CC[C@H]3C(C)C)[CH]2)[C]1C.C[Si](C)(C)[CH-][Si](C)(C)C.[Lu]. The Hall–Kier alpha value is 1.88. The Balaban J connectivity index is 0.000000589. The first kappa shape index (κ1) is 36.9. The summed E-state index contributed by atoms with van der Waals surface area (Å²) >= 11 is 0. The average molecular weight is 715 g/mol. The van der Waals surface area contributed by atoms with E-state index in [1.807, 2.05) is 0 Å². The van der Waals surface area contributed by atoms with Crippen LogP contribution in [0.5, 0.6) is 0 Å². The first-order valence-electron chi connectivity index (χ1n) is 14.6. The van der Waals surface area contributed by atoms with Gasteiger partial charge in [0.15, 0.2) is 0 Å². The molecule has 3 saturated carbocycles. The van der Waals surface area contributed by atoms with Gasteiger partial charge in [0.2, 0.25) is 0 Å². The van der Waals surface area contributed by atoms with Crippen molar-refractivity contribution in [1.29, 1.82) is 0 Å². The van der Waals surface area contributed by atoms with E-state index >= 15 is 0 Å². The van der Waals surface area contributed by atoms with Crippen LogP contribution in [0.1, 0.15) is 67.7 Å². The molecule has 0 spiro atoms. The first-order chi connectivity index (χ1) is 16.3. The molecule has 0 N–H and O–H groups in total. The van der Waals surface area contributed by atoms with E-state index in [1.165, 1.54) is 31.1 Å². The van der Waals surface area contributed by atoms with Crippen molar-refractivity contribution in [3.63, 3.8) is 0 Å². The molecule has 3 aliphatic carbocycles. The summed E-state index contributed by atoms with van der Waals surface area (Å²) in [4.78, 5) is 0. The quantitative estimate of drug-likeness (QED) is 0.190. The molecule has 0 saturated heterocycles. The normalized spacial score (nSPS) is 29.0. The van der Waals surface area contributed by atoms with Crippen molar-refractivity contribution >= 4 is 24.2 Å². The standard InChI is InChI=1S/C26H40Si.C7H19Si2.Lu/c1-16(2)24-13-10-17(3)14-25(24)22-11-12-23(15-22)27(8,9)26-20(6)18(4)19(5)21(26)7;1-8(2,3)7-9(4,5)6;/h11-12,15-17,24-25H,10,13-14H2,1-9H3;7H,1-6H3;/q;-1;/t17-,24+,25+;;/m1../s1. The Morgan fingerprint density at radius 3 is 1.65 bits per heavy atom. The molecule has 3 rings (SSSR count). The van der Waals surface area contributed by atoms with Crippen molar-refractivity contribution in [2.24, 2.45) is 23.7 Å². The van der Waals surface area contributed by atoms with Crippen LogP contribution >= 0.6 is 0 Å². The molecule has 219 valence electrons. The predicted octanol–water partition coefficient (Wildman–Crippen LogP) is 10.2. The van der Waals surface area contributed by atoms with Crippen molar-refractivity contribution in [3.05, 3.63) is 65.6 Å². The van der Waals surface area contributed by atoms with Crippen LogP contribution in [0.15, 0.2) is 0 Å². The van der Waals surface area contributed by atoms with Gasteiger partial charge in [0, 0.05) is 36.9 Å². The fourth-order valence-corrected chi connectivity index (χ4v) is 21.2. The minimum absolute atomic E-state index is 0. The fourth-order valence-electron chi connectivity index (χ4n) is 7.27. The molecule has 0 amide bonds. The maximum atomic E-state index is 2.65. The Kier molecular flexibility index (Phi) is 14.3. The predicted molar refractivity (Wildman–Crippen MR) is 172 cm³/mol. The van der Waals surface area contributed by atoms with Gasteiger partial charge >= 0.3 is 0 Å². The van der Waals surface area contributed by atoms with Gasteiger partial charge in [-0.15, -0.1) is 16.1 Å². The van der Waals surface area contributed by atoms with Crippen molar-refractivity contribution in [2.45, 2.75) is 120 Å². The van der Waals surface area contributed by atoms with E-state index in [1.54, 1.807) is 28.8 Å². The first-order valence-corrected chi connectivity index (χ1v) is 24.8. The van der Waals surface area contributed by atoms with Crippen LogP contribution in [0.3, 0.4) is 0 Å². The van der Waals surface area contributed by atoms with Crippen molar-refractivity contribution < 1.29 is 36.9 Å². The molecule has 4 heteroatoms. The molecule has 0 nitrogen and oxygen atoms in total. The molecule has 0 aromatic carbocycles. The Labute approximate surface area is 268 Å². The summed E-state index contributed by atoms with van der Waals surface area (Å²) in [5.41, 5.74) is 5.97. The van der Waals surface area contributed by atoms with Gasteiger partial charge in [-0.25, -0.2) is 0 Å². The zero-order valence-corrected chi connectivity index (χ0v) is 31.7. The minimum Gasteiger partial charge on any atom is -0.327 e. The van der Waals surface area contributed by atoms with Crippen molar-refractivity contribution in [3.8, 4) is 0 Å². The van der Waals surface area contributed by atoms with Gasteiger partial charge in [0.05, 0.1) is 8.07 Å².